The summed E-state index contributed by atoms with van der Waals surface area (Å²) in [7, 11) is 2.11. The van der Waals surface area contributed by atoms with Crippen molar-refractivity contribution in [3.05, 3.63) is 56.7 Å². The maximum atomic E-state index is 12.8. The second-order valence-electron chi connectivity index (χ2n) is 5.33. The van der Waals surface area contributed by atoms with Gasteiger partial charge in [0.2, 0.25) is 0 Å². The Kier molecular flexibility index (Phi) is 4.42. The largest absolute Gasteiger partial charge is 0.329 e. The van der Waals surface area contributed by atoms with Crippen molar-refractivity contribution >= 4 is 33.2 Å². The van der Waals surface area contributed by atoms with Gasteiger partial charge in [0.25, 0.3) is 5.91 Å². The van der Waals surface area contributed by atoms with Gasteiger partial charge in [-0.2, -0.15) is 0 Å². The van der Waals surface area contributed by atoms with Gasteiger partial charge in [-0.05, 0) is 34.6 Å². The van der Waals surface area contributed by atoms with Crippen molar-refractivity contribution in [2.24, 2.45) is 0 Å². The Morgan fingerprint density at radius 2 is 2.05 bits per heavy atom. The quantitative estimate of drug-likeness (QED) is 0.811. The van der Waals surface area contributed by atoms with E-state index in [1.165, 1.54) is 5.56 Å². The average Bonchev–Trinajstić information content (AvgIpc) is 2.94. The normalized spacial score (nSPS) is 19.7. The Hall–Kier alpha value is -1.17. The Morgan fingerprint density at radius 1 is 1.29 bits per heavy atom. The number of carbonyl (C=O) groups is 1. The van der Waals surface area contributed by atoms with Crippen LogP contribution in [0, 0.1) is 0 Å². The van der Waals surface area contributed by atoms with E-state index in [0.717, 1.165) is 29.0 Å². The molecule has 0 radical (unpaired) electrons. The summed E-state index contributed by atoms with van der Waals surface area (Å²) in [5.41, 5.74) is 1.98. The second kappa shape index (κ2) is 6.30. The number of hydrogen-bond donors (Lipinski definition) is 0. The van der Waals surface area contributed by atoms with Gasteiger partial charge < -0.3 is 9.80 Å². The molecule has 1 amide bonds. The van der Waals surface area contributed by atoms with Crippen LogP contribution in [-0.4, -0.2) is 42.4 Å². The highest BCUT2D eigenvalue weighted by Crippen LogP contribution is 2.28. The van der Waals surface area contributed by atoms with E-state index >= 15 is 0 Å². The molecule has 0 spiro atoms. The van der Waals surface area contributed by atoms with Crippen LogP contribution in [0.25, 0.3) is 0 Å². The minimum Gasteiger partial charge on any atom is -0.329 e. The standard InChI is InChI=1S/C16H17BrN2OS/c1-18-7-8-19(16(20)13-9-15(17)21-11-13)14(10-18)12-5-3-2-4-6-12/h2-6,9,11,14H,7-8,10H2,1H3. The maximum Gasteiger partial charge on any atom is 0.255 e. The van der Waals surface area contributed by atoms with Gasteiger partial charge in [0.15, 0.2) is 0 Å². The second-order valence-corrected chi connectivity index (χ2v) is 7.62. The molecule has 0 aliphatic carbocycles. The number of hydrogen-bond acceptors (Lipinski definition) is 3. The van der Waals surface area contributed by atoms with Crippen LogP contribution in [0.5, 0.6) is 0 Å². The summed E-state index contributed by atoms with van der Waals surface area (Å²) in [5, 5.41) is 1.92. The monoisotopic (exact) mass is 364 g/mol. The summed E-state index contributed by atoms with van der Waals surface area (Å²) in [4.78, 5) is 17.1. The fourth-order valence-electron chi connectivity index (χ4n) is 2.71. The van der Waals surface area contributed by atoms with E-state index in [1.807, 2.05) is 34.5 Å². The Bertz CT molecular complexity index is 628. The van der Waals surface area contributed by atoms with E-state index in [4.69, 9.17) is 0 Å². The van der Waals surface area contributed by atoms with Crippen molar-refractivity contribution in [3.8, 4) is 0 Å². The van der Waals surface area contributed by atoms with Crippen LogP contribution in [0.15, 0.2) is 45.6 Å². The van der Waals surface area contributed by atoms with Gasteiger partial charge in [0, 0.05) is 25.0 Å². The van der Waals surface area contributed by atoms with E-state index in [9.17, 15) is 4.79 Å². The summed E-state index contributed by atoms with van der Waals surface area (Å²) in [6, 6.07) is 12.3. The summed E-state index contributed by atoms with van der Waals surface area (Å²) < 4.78 is 0.997. The predicted octanol–water partition coefficient (Wildman–Crippen LogP) is 3.64. The zero-order chi connectivity index (χ0) is 14.8. The highest BCUT2D eigenvalue weighted by molar-refractivity contribution is 9.11. The number of likely N-dealkylation sites (N-methyl/N-ethyl adjacent to an activating group) is 1. The minimum absolute atomic E-state index is 0.121. The fourth-order valence-corrected chi connectivity index (χ4v) is 3.84. The smallest absolute Gasteiger partial charge is 0.255 e. The van der Waals surface area contributed by atoms with Gasteiger partial charge in [-0.25, -0.2) is 0 Å². The third-order valence-corrected chi connectivity index (χ3v) is 5.35. The van der Waals surface area contributed by atoms with Crippen molar-refractivity contribution in [1.29, 1.82) is 0 Å². The van der Waals surface area contributed by atoms with Crippen molar-refractivity contribution in [1.82, 2.24) is 9.80 Å². The lowest BCUT2D eigenvalue weighted by molar-refractivity contribution is 0.0498. The minimum atomic E-state index is 0.121. The molecule has 1 aromatic heterocycles. The number of benzene rings is 1. The van der Waals surface area contributed by atoms with E-state index in [2.05, 4.69) is 40.0 Å². The van der Waals surface area contributed by atoms with Crippen molar-refractivity contribution in [2.45, 2.75) is 6.04 Å². The molecule has 1 saturated heterocycles. The lowest BCUT2D eigenvalue weighted by Gasteiger charge is -2.40. The number of nitrogens with zero attached hydrogens (tertiary/aromatic N) is 2. The third-order valence-electron chi connectivity index (χ3n) is 3.84. The summed E-state index contributed by atoms with van der Waals surface area (Å²) in [6.45, 7) is 2.56. The molecule has 2 aromatic rings. The highest BCUT2D eigenvalue weighted by Gasteiger charge is 2.31. The first kappa shape index (κ1) is 14.8. The number of halogens is 1. The maximum absolute atomic E-state index is 12.8. The molecule has 21 heavy (non-hydrogen) atoms. The van der Waals surface area contributed by atoms with Crippen molar-refractivity contribution in [2.75, 3.05) is 26.7 Å². The van der Waals surface area contributed by atoms with Crippen LogP contribution in [0.3, 0.4) is 0 Å². The molecule has 1 aliphatic heterocycles. The first-order valence-corrected chi connectivity index (χ1v) is 8.61. The van der Waals surface area contributed by atoms with Gasteiger partial charge in [0.05, 0.1) is 15.4 Å². The summed E-state index contributed by atoms with van der Waals surface area (Å²) in [6.07, 6.45) is 0. The van der Waals surface area contributed by atoms with Gasteiger partial charge in [-0.3, -0.25) is 4.79 Å². The first-order chi connectivity index (χ1) is 10.1. The number of rotatable bonds is 2. The average molecular weight is 365 g/mol. The van der Waals surface area contributed by atoms with Gasteiger partial charge >= 0.3 is 0 Å². The first-order valence-electron chi connectivity index (χ1n) is 6.93. The summed E-state index contributed by atoms with van der Waals surface area (Å²) in [5.74, 6) is 0.124. The van der Waals surface area contributed by atoms with Crippen molar-refractivity contribution in [3.63, 3.8) is 0 Å². The van der Waals surface area contributed by atoms with Crippen LogP contribution in [0.2, 0.25) is 0 Å². The van der Waals surface area contributed by atoms with Crippen LogP contribution in [-0.2, 0) is 0 Å². The highest BCUT2D eigenvalue weighted by atomic mass is 79.9. The zero-order valence-corrected chi connectivity index (χ0v) is 14.2. The number of thiophene rings is 1. The number of piperazine rings is 1. The number of carbonyl (C=O) groups excluding carboxylic acids is 1. The molecule has 1 aliphatic rings. The molecule has 1 atom stereocenters. The molecule has 2 heterocycles. The molecule has 1 unspecified atom stereocenters. The van der Waals surface area contributed by atoms with E-state index < -0.39 is 0 Å². The molecule has 0 N–H and O–H groups in total. The molecule has 0 bridgehead atoms. The van der Waals surface area contributed by atoms with Crippen LogP contribution in [0.4, 0.5) is 0 Å². The van der Waals surface area contributed by atoms with Crippen LogP contribution >= 0.6 is 27.3 Å². The molecular weight excluding hydrogens is 348 g/mol. The van der Waals surface area contributed by atoms with Crippen LogP contribution < -0.4 is 0 Å². The van der Waals surface area contributed by atoms with Gasteiger partial charge in [0.1, 0.15) is 0 Å². The molecule has 1 fully saturated rings. The Morgan fingerprint density at radius 3 is 2.71 bits per heavy atom. The topological polar surface area (TPSA) is 23.6 Å². The molecule has 3 rings (SSSR count). The number of amides is 1. The van der Waals surface area contributed by atoms with Crippen LogP contribution in [0.1, 0.15) is 22.0 Å². The lowest BCUT2D eigenvalue weighted by atomic mass is 10.0. The zero-order valence-electron chi connectivity index (χ0n) is 11.8. The molecule has 3 nitrogen and oxygen atoms in total. The lowest BCUT2D eigenvalue weighted by Crippen LogP contribution is -2.49. The Labute approximate surface area is 137 Å². The van der Waals surface area contributed by atoms with E-state index in [0.29, 0.717) is 0 Å². The SMILES string of the molecule is CN1CCN(C(=O)c2csc(Br)c2)C(c2ccccc2)C1. The van der Waals surface area contributed by atoms with Gasteiger partial charge in [-0.15, -0.1) is 11.3 Å². The van der Waals surface area contributed by atoms with E-state index in [-0.39, 0.29) is 11.9 Å². The van der Waals surface area contributed by atoms with Crippen molar-refractivity contribution < 1.29 is 4.79 Å². The molecule has 5 heteroatoms. The molecule has 110 valence electrons. The predicted molar refractivity (Wildman–Crippen MR) is 89.7 cm³/mol. The third kappa shape index (κ3) is 3.20. The Balaban J connectivity index is 1.89. The van der Waals surface area contributed by atoms with E-state index in [1.54, 1.807) is 11.3 Å². The molecule has 1 aromatic carbocycles. The fraction of sp³-hybridized carbons (Fsp3) is 0.312. The summed E-state index contributed by atoms with van der Waals surface area (Å²) >= 11 is 4.99. The molecular formula is C16H17BrN2OS. The molecule has 0 saturated carbocycles. The van der Waals surface area contributed by atoms with Gasteiger partial charge in [-0.1, -0.05) is 30.3 Å².